The fourth-order valence-corrected chi connectivity index (χ4v) is 0.229. The van der Waals surface area contributed by atoms with Gasteiger partial charge in [0.1, 0.15) is 0 Å². The van der Waals surface area contributed by atoms with E-state index in [0.29, 0.717) is 17.6 Å². The highest BCUT2D eigenvalue weighted by Crippen LogP contribution is 1.86. The van der Waals surface area contributed by atoms with Gasteiger partial charge >= 0.3 is 0 Å². The van der Waals surface area contributed by atoms with E-state index in [-0.39, 0.29) is 0 Å². The Labute approximate surface area is 48.9 Å². The second kappa shape index (κ2) is 3.13. The van der Waals surface area contributed by atoms with Gasteiger partial charge in [-0.05, 0) is 6.92 Å². The molecule has 0 amide bonds. The van der Waals surface area contributed by atoms with Crippen molar-refractivity contribution < 1.29 is 4.79 Å². The van der Waals surface area contributed by atoms with Gasteiger partial charge in [0.25, 0.3) is 0 Å². The molecule has 0 saturated heterocycles. The third-order valence-corrected chi connectivity index (χ3v) is 0.942. The molecule has 0 aliphatic heterocycles. The summed E-state index contributed by atoms with van der Waals surface area (Å²) < 4.78 is 0. The molecule has 0 aromatic carbocycles. The summed E-state index contributed by atoms with van der Waals surface area (Å²) >= 11 is 0. The zero-order valence-corrected chi connectivity index (χ0v) is 5.14. The maximum absolute atomic E-state index is 9.92. The average Bonchev–Trinajstić information content (AvgIpc) is 1.84. The maximum atomic E-state index is 9.92. The van der Waals surface area contributed by atoms with Crippen molar-refractivity contribution in [2.75, 3.05) is 7.05 Å². The molecule has 8 heavy (non-hydrogen) atoms. The van der Waals surface area contributed by atoms with Gasteiger partial charge in [-0.3, -0.25) is 9.79 Å². The van der Waals surface area contributed by atoms with Gasteiger partial charge in [0.15, 0.2) is 6.29 Å². The molecule has 0 atom stereocenters. The first-order valence-corrected chi connectivity index (χ1v) is 2.30. The monoisotopic (exact) mass is 111 g/mol. The second-order valence-electron chi connectivity index (χ2n) is 1.45. The molecule has 0 rings (SSSR count). The first-order valence-electron chi connectivity index (χ1n) is 2.30. The molecule has 0 saturated carbocycles. The average molecular weight is 111 g/mol. The van der Waals surface area contributed by atoms with Crippen LogP contribution in [0.15, 0.2) is 17.1 Å². The molecule has 0 aliphatic rings. The van der Waals surface area contributed by atoms with Crippen molar-refractivity contribution >= 4 is 12.0 Å². The third-order valence-electron chi connectivity index (χ3n) is 0.942. The van der Waals surface area contributed by atoms with Crippen LogP contribution in [0.25, 0.3) is 0 Å². The van der Waals surface area contributed by atoms with E-state index in [1.807, 2.05) is 0 Å². The maximum Gasteiger partial charge on any atom is 0.151 e. The van der Waals surface area contributed by atoms with E-state index in [1.165, 1.54) is 0 Å². The lowest BCUT2D eigenvalue weighted by Crippen LogP contribution is -1.95. The summed E-state index contributed by atoms with van der Waals surface area (Å²) in [5.41, 5.74) is 1.15. The fourth-order valence-electron chi connectivity index (χ4n) is 0.229. The molecule has 0 unspecified atom stereocenters. The number of aldehydes is 1. The number of hydrogen-bond acceptors (Lipinski definition) is 2. The van der Waals surface area contributed by atoms with Gasteiger partial charge in [0.2, 0.25) is 0 Å². The highest BCUT2D eigenvalue weighted by atomic mass is 16.1. The quantitative estimate of drug-likeness (QED) is 0.295. The van der Waals surface area contributed by atoms with E-state index in [1.54, 1.807) is 14.0 Å². The smallest absolute Gasteiger partial charge is 0.151 e. The molecule has 0 spiro atoms. The Hall–Kier alpha value is -0.920. The van der Waals surface area contributed by atoms with Crippen LogP contribution in [0.4, 0.5) is 0 Å². The molecule has 44 valence electrons. The van der Waals surface area contributed by atoms with Gasteiger partial charge in [-0.2, -0.15) is 0 Å². The number of rotatable bonds is 2. The summed E-state index contributed by atoms with van der Waals surface area (Å²) in [5, 5.41) is 0. The van der Waals surface area contributed by atoms with Crippen molar-refractivity contribution in [2.45, 2.75) is 6.92 Å². The summed E-state index contributed by atoms with van der Waals surface area (Å²) in [4.78, 5) is 13.7. The van der Waals surface area contributed by atoms with E-state index in [4.69, 9.17) is 0 Å². The molecule has 0 fully saturated rings. The molecule has 0 aliphatic carbocycles. The summed E-state index contributed by atoms with van der Waals surface area (Å²) in [6.07, 6.45) is 0.697. The lowest BCUT2D eigenvalue weighted by molar-refractivity contribution is -0.104. The van der Waals surface area contributed by atoms with E-state index in [0.717, 1.165) is 0 Å². The predicted molar refractivity (Wildman–Crippen MR) is 34.2 cm³/mol. The van der Waals surface area contributed by atoms with Crippen LogP contribution in [0.3, 0.4) is 0 Å². The molecule has 0 aromatic rings. The van der Waals surface area contributed by atoms with E-state index in [9.17, 15) is 4.79 Å². The molecule has 0 aromatic heterocycles. The molecule has 2 nitrogen and oxygen atoms in total. The molecule has 0 heterocycles. The van der Waals surface area contributed by atoms with Crippen LogP contribution < -0.4 is 0 Å². The minimum Gasteiger partial charge on any atom is -0.298 e. The number of allylic oxidation sites excluding steroid dienone is 1. The summed E-state index contributed by atoms with van der Waals surface area (Å²) in [6, 6.07) is 0. The highest BCUT2D eigenvalue weighted by molar-refractivity contribution is 6.12. The SMILES string of the molecule is C=C(C=O)C(C)=NC. The van der Waals surface area contributed by atoms with E-state index >= 15 is 0 Å². The van der Waals surface area contributed by atoms with Crippen LogP contribution in [0.1, 0.15) is 6.92 Å². The largest absolute Gasteiger partial charge is 0.298 e. The third kappa shape index (κ3) is 1.69. The minimum absolute atomic E-state index is 0.451. The van der Waals surface area contributed by atoms with Gasteiger partial charge in [0, 0.05) is 18.3 Å². The van der Waals surface area contributed by atoms with Crippen molar-refractivity contribution in [3.63, 3.8) is 0 Å². The van der Waals surface area contributed by atoms with Crippen molar-refractivity contribution in [3.8, 4) is 0 Å². The first-order chi connectivity index (χ1) is 3.72. The van der Waals surface area contributed by atoms with Crippen LogP contribution in [-0.2, 0) is 4.79 Å². The molecule has 0 radical (unpaired) electrons. The van der Waals surface area contributed by atoms with Gasteiger partial charge in [-0.25, -0.2) is 0 Å². The predicted octanol–water partition coefficient (Wildman–Crippen LogP) is 0.832. The Balaban J connectivity index is 4.03. The Morgan fingerprint density at radius 1 is 1.75 bits per heavy atom. The van der Waals surface area contributed by atoms with Gasteiger partial charge in [-0.1, -0.05) is 6.58 Å². The highest BCUT2D eigenvalue weighted by Gasteiger charge is 1.90. The van der Waals surface area contributed by atoms with Gasteiger partial charge in [0.05, 0.1) is 0 Å². The minimum atomic E-state index is 0.451. The van der Waals surface area contributed by atoms with Crippen LogP contribution >= 0.6 is 0 Å². The van der Waals surface area contributed by atoms with Crippen molar-refractivity contribution in [1.82, 2.24) is 0 Å². The summed E-state index contributed by atoms with van der Waals surface area (Å²) in [5.74, 6) is 0. The topological polar surface area (TPSA) is 29.4 Å². The lowest BCUT2D eigenvalue weighted by Gasteiger charge is -1.89. The van der Waals surface area contributed by atoms with Gasteiger partial charge < -0.3 is 0 Å². The number of carbonyl (C=O) groups is 1. The summed E-state index contributed by atoms with van der Waals surface area (Å²) in [7, 11) is 1.63. The number of aliphatic imine (C=N–C) groups is 1. The molecule has 0 bridgehead atoms. The Morgan fingerprint density at radius 2 is 2.25 bits per heavy atom. The van der Waals surface area contributed by atoms with E-state index < -0.39 is 0 Å². The number of nitrogens with zero attached hydrogens (tertiary/aromatic N) is 1. The molecular weight excluding hydrogens is 102 g/mol. The van der Waals surface area contributed by atoms with Crippen molar-refractivity contribution in [1.29, 1.82) is 0 Å². The Morgan fingerprint density at radius 3 is 2.38 bits per heavy atom. The Kier molecular flexibility index (Phi) is 2.77. The van der Waals surface area contributed by atoms with Crippen LogP contribution in [0.5, 0.6) is 0 Å². The zero-order valence-electron chi connectivity index (χ0n) is 5.14. The standard InChI is InChI=1S/C6H9NO/c1-5(4-8)6(2)7-3/h4H,1H2,2-3H3. The fraction of sp³-hybridized carbons (Fsp3) is 0.333. The van der Waals surface area contributed by atoms with E-state index in [2.05, 4.69) is 11.6 Å². The van der Waals surface area contributed by atoms with Gasteiger partial charge in [-0.15, -0.1) is 0 Å². The second-order valence-corrected chi connectivity index (χ2v) is 1.45. The Bertz CT molecular complexity index is 135. The normalized spacial score (nSPS) is 11.0. The number of hydrogen-bond donors (Lipinski definition) is 0. The van der Waals surface area contributed by atoms with Crippen molar-refractivity contribution in [2.24, 2.45) is 4.99 Å². The van der Waals surface area contributed by atoms with Crippen LogP contribution in [0.2, 0.25) is 0 Å². The van der Waals surface area contributed by atoms with Crippen LogP contribution in [-0.4, -0.2) is 19.0 Å². The van der Waals surface area contributed by atoms with Crippen molar-refractivity contribution in [3.05, 3.63) is 12.2 Å². The summed E-state index contributed by atoms with van der Waals surface area (Å²) in [6.45, 7) is 5.19. The molecule has 2 heteroatoms. The lowest BCUT2D eigenvalue weighted by atomic mass is 10.2. The first kappa shape index (κ1) is 7.08. The molecular formula is C6H9NO. The molecule has 0 N–H and O–H groups in total. The van der Waals surface area contributed by atoms with Crippen LogP contribution in [0, 0.1) is 0 Å². The zero-order chi connectivity index (χ0) is 6.57. The number of carbonyl (C=O) groups excluding carboxylic acids is 1.